The molecule has 0 fully saturated rings. The highest BCUT2D eigenvalue weighted by Crippen LogP contribution is 2.18. The average molecular weight is 304 g/mol. The number of aromatic amines is 1. The normalized spacial score (nSPS) is 11.1. The first-order valence-electron chi connectivity index (χ1n) is 6.02. The van der Waals surface area contributed by atoms with E-state index in [-0.39, 0.29) is 5.56 Å². The zero-order valence-electron chi connectivity index (χ0n) is 10.8. The molecule has 0 unspecified atom stereocenters. The summed E-state index contributed by atoms with van der Waals surface area (Å²) in [6.07, 6.45) is 0. The summed E-state index contributed by atoms with van der Waals surface area (Å²) in [6.45, 7) is 0.430. The standard InChI is InChI=1S/C14H12N2O2S2/c1-18-8-9-4-2-3-5-11(9)16-13(17)10-6-7-20-12(10)15-14(16)19/h2-7H,8H2,1H3,(H,15,19). The second kappa shape index (κ2) is 5.32. The van der Waals surface area contributed by atoms with E-state index >= 15 is 0 Å². The van der Waals surface area contributed by atoms with E-state index in [1.54, 1.807) is 7.11 Å². The van der Waals surface area contributed by atoms with Crippen molar-refractivity contribution in [1.82, 2.24) is 9.55 Å². The monoisotopic (exact) mass is 304 g/mol. The lowest BCUT2D eigenvalue weighted by atomic mass is 10.2. The first-order chi connectivity index (χ1) is 9.72. The summed E-state index contributed by atoms with van der Waals surface area (Å²) in [5.74, 6) is 0. The summed E-state index contributed by atoms with van der Waals surface area (Å²) in [6, 6.07) is 9.41. The number of benzene rings is 1. The van der Waals surface area contributed by atoms with Crippen LogP contribution in [0.15, 0.2) is 40.5 Å². The van der Waals surface area contributed by atoms with Crippen molar-refractivity contribution in [2.75, 3.05) is 7.11 Å². The van der Waals surface area contributed by atoms with Gasteiger partial charge in [-0.25, -0.2) is 0 Å². The Morgan fingerprint density at radius 2 is 2.15 bits per heavy atom. The van der Waals surface area contributed by atoms with Crippen molar-refractivity contribution in [3.63, 3.8) is 0 Å². The van der Waals surface area contributed by atoms with Gasteiger partial charge in [-0.15, -0.1) is 11.3 Å². The third kappa shape index (κ3) is 2.11. The third-order valence-electron chi connectivity index (χ3n) is 3.05. The van der Waals surface area contributed by atoms with Crippen molar-refractivity contribution in [2.45, 2.75) is 6.61 Å². The van der Waals surface area contributed by atoms with Crippen molar-refractivity contribution in [3.8, 4) is 5.69 Å². The van der Waals surface area contributed by atoms with Crippen LogP contribution in [0, 0.1) is 4.77 Å². The smallest absolute Gasteiger partial charge is 0.267 e. The molecule has 0 spiro atoms. The molecule has 6 heteroatoms. The average Bonchev–Trinajstić information content (AvgIpc) is 2.89. The Balaban J connectivity index is 2.35. The van der Waals surface area contributed by atoms with E-state index in [1.165, 1.54) is 15.9 Å². The Morgan fingerprint density at radius 1 is 1.35 bits per heavy atom. The Hall–Kier alpha value is -1.76. The lowest BCUT2D eigenvalue weighted by Gasteiger charge is -2.11. The van der Waals surface area contributed by atoms with E-state index < -0.39 is 0 Å². The highest BCUT2D eigenvalue weighted by Gasteiger charge is 2.11. The Morgan fingerprint density at radius 3 is 2.95 bits per heavy atom. The number of thiophene rings is 1. The van der Waals surface area contributed by atoms with Crippen molar-refractivity contribution >= 4 is 33.8 Å². The van der Waals surface area contributed by atoms with Gasteiger partial charge in [-0.3, -0.25) is 9.36 Å². The molecule has 0 saturated heterocycles. The fraction of sp³-hybridized carbons (Fsp3) is 0.143. The van der Waals surface area contributed by atoms with Gasteiger partial charge in [-0.2, -0.15) is 0 Å². The Bertz CT molecular complexity index is 877. The van der Waals surface area contributed by atoms with Crippen LogP contribution in [0.4, 0.5) is 0 Å². The molecule has 3 aromatic rings. The van der Waals surface area contributed by atoms with Gasteiger partial charge in [-0.1, -0.05) is 18.2 Å². The van der Waals surface area contributed by atoms with E-state index in [2.05, 4.69) is 4.98 Å². The summed E-state index contributed by atoms with van der Waals surface area (Å²) < 4.78 is 7.11. The molecule has 0 radical (unpaired) electrons. The highest BCUT2D eigenvalue weighted by atomic mass is 32.1. The minimum atomic E-state index is -0.103. The van der Waals surface area contributed by atoms with Gasteiger partial charge in [0.15, 0.2) is 4.77 Å². The molecule has 0 atom stereocenters. The summed E-state index contributed by atoms with van der Waals surface area (Å²) in [5, 5.41) is 2.53. The maximum atomic E-state index is 12.6. The summed E-state index contributed by atoms with van der Waals surface area (Å²) in [4.78, 5) is 16.5. The SMILES string of the molecule is COCc1ccccc1-n1c(=S)[nH]c2sccc2c1=O. The van der Waals surface area contributed by atoms with E-state index in [0.29, 0.717) is 16.8 Å². The van der Waals surface area contributed by atoms with Gasteiger partial charge in [0.25, 0.3) is 5.56 Å². The number of ether oxygens (including phenoxy) is 1. The fourth-order valence-corrected chi connectivity index (χ4v) is 3.29. The molecular formula is C14H12N2O2S2. The van der Waals surface area contributed by atoms with Crippen LogP contribution in [0.5, 0.6) is 0 Å². The molecule has 4 nitrogen and oxygen atoms in total. The lowest BCUT2D eigenvalue weighted by Crippen LogP contribution is -2.21. The second-order valence-corrected chi connectivity index (χ2v) is 5.60. The molecule has 0 aliphatic carbocycles. The van der Waals surface area contributed by atoms with Crippen LogP contribution in [0.2, 0.25) is 0 Å². The molecule has 0 aliphatic heterocycles. The molecule has 20 heavy (non-hydrogen) atoms. The molecule has 1 aromatic carbocycles. The molecule has 0 amide bonds. The van der Waals surface area contributed by atoms with Gasteiger partial charge in [0.1, 0.15) is 4.83 Å². The summed E-state index contributed by atoms with van der Waals surface area (Å²) in [7, 11) is 1.63. The van der Waals surface area contributed by atoms with Gasteiger partial charge < -0.3 is 9.72 Å². The van der Waals surface area contributed by atoms with E-state index in [0.717, 1.165) is 16.1 Å². The van der Waals surface area contributed by atoms with E-state index in [9.17, 15) is 4.79 Å². The zero-order chi connectivity index (χ0) is 14.1. The molecule has 2 aromatic heterocycles. The first kappa shape index (κ1) is 13.2. The number of aromatic nitrogens is 2. The van der Waals surface area contributed by atoms with Crippen LogP contribution >= 0.6 is 23.6 Å². The molecule has 0 saturated carbocycles. The van der Waals surface area contributed by atoms with Gasteiger partial charge >= 0.3 is 0 Å². The number of hydrogen-bond donors (Lipinski definition) is 1. The molecule has 3 rings (SSSR count). The van der Waals surface area contributed by atoms with Crippen LogP contribution in [-0.4, -0.2) is 16.7 Å². The van der Waals surface area contributed by atoms with Gasteiger partial charge in [0.2, 0.25) is 0 Å². The third-order valence-corrected chi connectivity index (χ3v) is 4.17. The molecule has 102 valence electrons. The van der Waals surface area contributed by atoms with Crippen molar-refractivity contribution in [2.24, 2.45) is 0 Å². The van der Waals surface area contributed by atoms with Crippen molar-refractivity contribution in [1.29, 1.82) is 0 Å². The minimum absolute atomic E-state index is 0.103. The van der Waals surface area contributed by atoms with Gasteiger partial charge in [-0.05, 0) is 29.7 Å². The highest BCUT2D eigenvalue weighted by molar-refractivity contribution is 7.71. The quantitative estimate of drug-likeness (QED) is 0.756. The number of para-hydroxylation sites is 1. The summed E-state index contributed by atoms with van der Waals surface area (Å²) >= 11 is 6.81. The zero-order valence-corrected chi connectivity index (χ0v) is 12.4. The number of nitrogens with zero attached hydrogens (tertiary/aromatic N) is 1. The molecule has 0 aliphatic rings. The minimum Gasteiger partial charge on any atom is -0.380 e. The second-order valence-electron chi connectivity index (χ2n) is 4.30. The number of hydrogen-bond acceptors (Lipinski definition) is 4. The summed E-state index contributed by atoms with van der Waals surface area (Å²) in [5.41, 5.74) is 1.58. The first-order valence-corrected chi connectivity index (χ1v) is 7.31. The predicted molar refractivity (Wildman–Crippen MR) is 83.3 cm³/mol. The maximum Gasteiger partial charge on any atom is 0.267 e. The maximum absolute atomic E-state index is 12.6. The van der Waals surface area contributed by atoms with Gasteiger partial charge in [0, 0.05) is 12.7 Å². The largest absolute Gasteiger partial charge is 0.380 e. The Kier molecular flexibility index (Phi) is 3.52. The Labute approximate surface area is 124 Å². The molecular weight excluding hydrogens is 292 g/mol. The van der Waals surface area contributed by atoms with Crippen molar-refractivity contribution < 1.29 is 4.74 Å². The lowest BCUT2D eigenvalue weighted by molar-refractivity contribution is 0.184. The number of H-pyrrole nitrogens is 1. The van der Waals surface area contributed by atoms with Crippen LogP contribution in [0.3, 0.4) is 0 Å². The molecule has 2 heterocycles. The number of nitrogens with one attached hydrogen (secondary N) is 1. The van der Waals surface area contributed by atoms with Crippen LogP contribution in [0.25, 0.3) is 15.9 Å². The molecule has 1 N–H and O–H groups in total. The van der Waals surface area contributed by atoms with Gasteiger partial charge in [0.05, 0.1) is 17.7 Å². The van der Waals surface area contributed by atoms with Crippen LogP contribution in [-0.2, 0) is 11.3 Å². The number of methoxy groups -OCH3 is 1. The van der Waals surface area contributed by atoms with E-state index in [1.807, 2.05) is 35.7 Å². The van der Waals surface area contributed by atoms with Crippen molar-refractivity contribution in [3.05, 3.63) is 56.4 Å². The topological polar surface area (TPSA) is 47.0 Å². The molecule has 0 bridgehead atoms. The predicted octanol–water partition coefficient (Wildman–Crippen LogP) is 3.26. The number of fused-ring (bicyclic) bond motifs is 1. The number of rotatable bonds is 3. The fourth-order valence-electron chi connectivity index (χ4n) is 2.17. The van der Waals surface area contributed by atoms with Crippen LogP contribution < -0.4 is 5.56 Å². The van der Waals surface area contributed by atoms with Crippen LogP contribution in [0.1, 0.15) is 5.56 Å². The van der Waals surface area contributed by atoms with E-state index in [4.69, 9.17) is 17.0 Å².